The number of hydrogen-bond acceptors (Lipinski definition) is 7. The highest BCUT2D eigenvalue weighted by Crippen LogP contribution is 2.16. The number of nitrogens with zero attached hydrogens (tertiary/aromatic N) is 1. The molecule has 2 unspecified atom stereocenters. The summed E-state index contributed by atoms with van der Waals surface area (Å²) in [5.41, 5.74) is 0. The molecule has 0 aliphatic carbocycles. The van der Waals surface area contributed by atoms with Crippen molar-refractivity contribution in [3.8, 4) is 0 Å². The van der Waals surface area contributed by atoms with Gasteiger partial charge in [0.05, 0.1) is 40.3 Å². The molecule has 0 saturated carbocycles. The fraction of sp³-hybridized carbons (Fsp3) is 0.898. The summed E-state index contributed by atoms with van der Waals surface area (Å²) in [6, 6.07) is -0.723. The molecule has 0 aromatic carbocycles. The summed E-state index contributed by atoms with van der Waals surface area (Å²) in [6.07, 6.45) is 44.0. The minimum absolute atomic E-state index is 0.0414. The first-order chi connectivity index (χ1) is 27.6. The average Bonchev–Trinajstić information content (AvgIpc) is 3.17. The predicted octanol–water partition coefficient (Wildman–Crippen LogP) is 12.1. The number of rotatable bonds is 44. The van der Waals surface area contributed by atoms with Gasteiger partial charge in [-0.2, -0.15) is 0 Å². The number of carboxylic acids is 1. The summed E-state index contributed by atoms with van der Waals surface area (Å²) in [7, 11) is 5.41. The number of unbranched alkanes of at least 4 members (excludes halogenated alkanes) is 28. The van der Waals surface area contributed by atoms with E-state index in [9.17, 15) is 19.5 Å². The zero-order valence-corrected chi connectivity index (χ0v) is 38.3. The van der Waals surface area contributed by atoms with Gasteiger partial charge >= 0.3 is 11.9 Å². The van der Waals surface area contributed by atoms with E-state index in [2.05, 4.69) is 26.0 Å². The maximum Gasteiger partial charge on any atom is 0.306 e. The molecule has 336 valence electrons. The van der Waals surface area contributed by atoms with Gasteiger partial charge in [-0.1, -0.05) is 193 Å². The quantitative estimate of drug-likeness (QED) is 0.0261. The molecule has 0 spiro atoms. The normalized spacial score (nSPS) is 12.9. The fourth-order valence-corrected chi connectivity index (χ4v) is 7.35. The molecule has 0 amide bonds. The summed E-state index contributed by atoms with van der Waals surface area (Å²) < 4.78 is 17.2. The highest BCUT2D eigenvalue weighted by atomic mass is 16.6. The Morgan fingerprint density at radius 1 is 0.509 bits per heavy atom. The summed E-state index contributed by atoms with van der Waals surface area (Å²) in [5.74, 6) is -1.74. The van der Waals surface area contributed by atoms with E-state index in [-0.39, 0.29) is 42.7 Å². The number of carbonyl (C=O) groups is 3. The first kappa shape index (κ1) is 55.1. The molecule has 0 aliphatic rings. The number of aliphatic carboxylic acids is 1. The van der Waals surface area contributed by atoms with Gasteiger partial charge in [-0.3, -0.25) is 9.59 Å². The largest absolute Gasteiger partial charge is 0.544 e. The molecule has 0 saturated heterocycles. The van der Waals surface area contributed by atoms with Gasteiger partial charge in [0.2, 0.25) is 0 Å². The monoisotopic (exact) mass is 808 g/mol. The Morgan fingerprint density at radius 3 is 1.32 bits per heavy atom. The summed E-state index contributed by atoms with van der Waals surface area (Å²) in [4.78, 5) is 36.8. The second kappa shape index (κ2) is 40.8. The van der Waals surface area contributed by atoms with Crippen LogP contribution in [0.5, 0.6) is 0 Å². The van der Waals surface area contributed by atoms with Gasteiger partial charge < -0.3 is 28.6 Å². The zero-order valence-electron chi connectivity index (χ0n) is 38.3. The summed E-state index contributed by atoms with van der Waals surface area (Å²) >= 11 is 0. The van der Waals surface area contributed by atoms with E-state index in [0.29, 0.717) is 12.8 Å². The molecule has 8 nitrogen and oxygen atoms in total. The van der Waals surface area contributed by atoms with Crippen LogP contribution in [0.4, 0.5) is 0 Å². The van der Waals surface area contributed by atoms with Gasteiger partial charge in [-0.05, 0) is 32.1 Å². The van der Waals surface area contributed by atoms with Crippen molar-refractivity contribution in [3.05, 3.63) is 12.2 Å². The number of hydrogen-bond donors (Lipinski definition) is 0. The third-order valence-corrected chi connectivity index (χ3v) is 11.2. The Morgan fingerprint density at radius 2 is 0.895 bits per heavy atom. The molecule has 0 rings (SSSR count). The first-order valence-electron chi connectivity index (χ1n) is 24.2. The molecular formula is C49H93NO7. The zero-order chi connectivity index (χ0) is 42.1. The number of ether oxygens (including phenoxy) is 3. The Kier molecular flexibility index (Phi) is 39.4. The van der Waals surface area contributed by atoms with Gasteiger partial charge in [-0.15, -0.1) is 0 Å². The van der Waals surface area contributed by atoms with E-state index in [1.807, 2.05) is 0 Å². The molecule has 0 N–H and O–H groups in total. The third-order valence-electron chi connectivity index (χ3n) is 11.2. The van der Waals surface area contributed by atoms with Crippen molar-refractivity contribution in [2.24, 2.45) is 0 Å². The van der Waals surface area contributed by atoms with Gasteiger partial charge in [0.15, 0.2) is 6.10 Å². The van der Waals surface area contributed by atoms with Crippen LogP contribution in [0.3, 0.4) is 0 Å². The molecule has 0 aliphatic heterocycles. The Bertz CT molecular complexity index is 947. The Balaban J connectivity index is 4.10. The minimum atomic E-state index is -1.12. The van der Waals surface area contributed by atoms with Crippen molar-refractivity contribution < 1.29 is 38.2 Å². The molecule has 0 fully saturated rings. The van der Waals surface area contributed by atoms with Crippen LogP contribution in [0.2, 0.25) is 0 Å². The number of quaternary nitrogens is 1. The molecule has 0 aromatic rings. The lowest BCUT2D eigenvalue weighted by Crippen LogP contribution is -2.55. The van der Waals surface area contributed by atoms with Crippen LogP contribution < -0.4 is 5.11 Å². The molecule has 0 aromatic heterocycles. The van der Waals surface area contributed by atoms with Gasteiger partial charge in [0.25, 0.3) is 0 Å². The molecule has 8 heteroatoms. The van der Waals surface area contributed by atoms with Gasteiger partial charge in [-0.25, -0.2) is 0 Å². The van der Waals surface area contributed by atoms with Crippen LogP contribution in [0.25, 0.3) is 0 Å². The van der Waals surface area contributed by atoms with Crippen LogP contribution in [-0.2, 0) is 28.6 Å². The molecular weight excluding hydrogens is 715 g/mol. The van der Waals surface area contributed by atoms with E-state index in [0.717, 1.165) is 57.8 Å². The predicted molar refractivity (Wildman–Crippen MR) is 236 cm³/mol. The summed E-state index contributed by atoms with van der Waals surface area (Å²) in [6.45, 7) is 4.64. The number of likely N-dealkylation sites (N-methyl/N-ethyl adjacent to an activating group) is 1. The van der Waals surface area contributed by atoms with E-state index < -0.39 is 18.1 Å². The SMILES string of the molecule is CCCC/C=C/CCCCCCC(=O)OC(COCCC(C(=O)[O-])[N+](C)(C)C)COC(=O)CCCCCCCCCCCCCCCCCCCCCCCCC. The maximum absolute atomic E-state index is 12.7. The van der Waals surface area contributed by atoms with E-state index in [4.69, 9.17) is 14.2 Å². The van der Waals surface area contributed by atoms with Crippen LogP contribution in [0.15, 0.2) is 12.2 Å². The molecule has 2 atom stereocenters. The molecule has 0 bridgehead atoms. The second-order valence-electron chi connectivity index (χ2n) is 17.7. The maximum atomic E-state index is 12.7. The highest BCUT2D eigenvalue weighted by Gasteiger charge is 2.25. The summed E-state index contributed by atoms with van der Waals surface area (Å²) in [5, 5.41) is 11.6. The molecule has 0 heterocycles. The first-order valence-corrected chi connectivity index (χ1v) is 24.2. The number of esters is 2. The van der Waals surface area contributed by atoms with Crippen LogP contribution in [-0.4, -0.2) is 75.5 Å². The van der Waals surface area contributed by atoms with Crippen molar-refractivity contribution in [1.82, 2.24) is 0 Å². The van der Waals surface area contributed by atoms with Crippen molar-refractivity contribution in [2.45, 2.75) is 244 Å². The number of allylic oxidation sites excluding steroid dienone is 2. The lowest BCUT2D eigenvalue weighted by molar-refractivity contribution is -0.889. The van der Waals surface area contributed by atoms with Crippen LogP contribution in [0.1, 0.15) is 232 Å². The van der Waals surface area contributed by atoms with Crippen molar-refractivity contribution in [3.63, 3.8) is 0 Å². The Hall–Kier alpha value is -1.93. The lowest BCUT2D eigenvalue weighted by Gasteiger charge is -2.34. The van der Waals surface area contributed by atoms with Crippen molar-refractivity contribution in [1.29, 1.82) is 0 Å². The number of carbonyl (C=O) groups excluding carboxylic acids is 3. The minimum Gasteiger partial charge on any atom is -0.544 e. The molecule has 57 heavy (non-hydrogen) atoms. The van der Waals surface area contributed by atoms with Crippen molar-refractivity contribution in [2.75, 3.05) is 41.0 Å². The van der Waals surface area contributed by atoms with Crippen LogP contribution >= 0.6 is 0 Å². The standard InChI is InChI=1S/C49H93NO7/c1-6-8-10-12-14-16-18-19-20-21-22-23-24-25-26-27-28-29-30-32-33-35-37-39-47(51)56-44-45(43-55-42-41-46(49(53)54)50(3,4)5)57-48(52)40-38-36-34-31-17-15-13-11-9-7-2/h13,15,45-46H,6-12,14,16-44H2,1-5H3/b15-13+. The molecule has 0 radical (unpaired) electrons. The topological polar surface area (TPSA) is 102 Å². The Labute approximate surface area is 352 Å². The van der Waals surface area contributed by atoms with Crippen molar-refractivity contribution >= 4 is 17.9 Å². The van der Waals surface area contributed by atoms with E-state index >= 15 is 0 Å². The number of carboxylic acid groups (broad SMARTS) is 1. The van der Waals surface area contributed by atoms with E-state index in [1.165, 1.54) is 141 Å². The third kappa shape index (κ3) is 39.3. The lowest BCUT2D eigenvalue weighted by atomic mass is 10.0. The highest BCUT2D eigenvalue weighted by molar-refractivity contribution is 5.70. The van der Waals surface area contributed by atoms with Gasteiger partial charge in [0.1, 0.15) is 12.6 Å². The second-order valence-corrected chi connectivity index (χ2v) is 17.7. The fourth-order valence-electron chi connectivity index (χ4n) is 7.35. The smallest absolute Gasteiger partial charge is 0.306 e. The van der Waals surface area contributed by atoms with E-state index in [1.54, 1.807) is 21.1 Å². The van der Waals surface area contributed by atoms with Gasteiger partial charge in [0, 0.05) is 19.3 Å². The average molecular weight is 808 g/mol. The van der Waals surface area contributed by atoms with Crippen LogP contribution in [0, 0.1) is 0 Å².